The molecule has 0 atom stereocenters. The Balaban J connectivity index is 1.56. The van der Waals surface area contributed by atoms with Crippen LogP contribution in [0.5, 0.6) is 0 Å². The van der Waals surface area contributed by atoms with E-state index in [0.717, 1.165) is 60.3 Å². The normalized spacial score (nSPS) is 15.2. The van der Waals surface area contributed by atoms with E-state index >= 15 is 0 Å². The first kappa shape index (κ1) is 19.0. The van der Waals surface area contributed by atoms with Gasteiger partial charge < -0.3 is 4.74 Å². The Labute approximate surface area is 168 Å². The summed E-state index contributed by atoms with van der Waals surface area (Å²) in [4.78, 5) is 22.3. The number of hydrogen-bond acceptors (Lipinski definition) is 6. The van der Waals surface area contributed by atoms with E-state index in [4.69, 9.17) is 9.72 Å². The zero-order valence-electron chi connectivity index (χ0n) is 16.3. The Hall–Kier alpha value is -2.29. The minimum atomic E-state index is -0.0517. The molecular formula is C20H25N5O2S. The van der Waals surface area contributed by atoms with Crippen LogP contribution in [0, 0.1) is 6.92 Å². The zero-order valence-corrected chi connectivity index (χ0v) is 17.1. The molecule has 0 N–H and O–H groups in total. The molecule has 1 fully saturated rings. The van der Waals surface area contributed by atoms with Crippen LogP contribution in [0.1, 0.15) is 22.6 Å². The first-order valence-electron chi connectivity index (χ1n) is 9.60. The van der Waals surface area contributed by atoms with E-state index in [1.165, 1.54) is 0 Å². The molecular weight excluding hydrogens is 374 g/mol. The maximum atomic E-state index is 13.3. The second kappa shape index (κ2) is 8.38. The lowest BCUT2D eigenvalue weighted by atomic mass is 10.3. The molecule has 0 bridgehead atoms. The molecule has 2 aromatic heterocycles. The number of ether oxygens (including phenoxy) is 1. The van der Waals surface area contributed by atoms with Crippen molar-refractivity contribution >= 4 is 32.6 Å². The Morgan fingerprint density at radius 1 is 1.29 bits per heavy atom. The number of morpholine rings is 1. The number of thiazole rings is 1. The van der Waals surface area contributed by atoms with Gasteiger partial charge in [-0.1, -0.05) is 23.5 Å². The number of para-hydroxylation sites is 1. The first-order chi connectivity index (χ1) is 13.6. The average Bonchev–Trinajstić information content (AvgIpc) is 3.28. The van der Waals surface area contributed by atoms with Crippen LogP contribution in [0.15, 0.2) is 30.3 Å². The lowest BCUT2D eigenvalue weighted by molar-refractivity contribution is 0.0376. The van der Waals surface area contributed by atoms with Crippen LogP contribution in [-0.4, -0.2) is 65.0 Å². The standard InChI is InChI=1S/C20H25N5O2S/c1-15-14-17(23(2)22-15)19(26)25(9-5-8-24-10-12-27-13-11-24)20-21-16-6-3-4-7-18(16)28-20/h3-4,6-7,14H,5,8-13H2,1-2H3. The van der Waals surface area contributed by atoms with Crippen molar-refractivity contribution in [1.82, 2.24) is 19.7 Å². The first-order valence-corrected chi connectivity index (χ1v) is 10.4. The number of carbonyl (C=O) groups is 1. The Kier molecular flexibility index (Phi) is 5.70. The quantitative estimate of drug-likeness (QED) is 0.638. The summed E-state index contributed by atoms with van der Waals surface area (Å²) in [6.45, 7) is 6.95. The van der Waals surface area contributed by atoms with Gasteiger partial charge in [0.25, 0.3) is 5.91 Å². The molecule has 1 saturated heterocycles. The SMILES string of the molecule is Cc1cc(C(=O)N(CCCN2CCOCC2)c2nc3ccccc3s2)n(C)n1. The third kappa shape index (κ3) is 4.09. The van der Waals surface area contributed by atoms with Gasteiger partial charge in [0.05, 0.1) is 29.1 Å². The molecule has 148 valence electrons. The van der Waals surface area contributed by atoms with Crippen LogP contribution in [0.2, 0.25) is 0 Å². The average molecular weight is 400 g/mol. The number of aryl methyl sites for hydroxylation is 2. The largest absolute Gasteiger partial charge is 0.379 e. The van der Waals surface area contributed by atoms with Crippen molar-refractivity contribution in [2.75, 3.05) is 44.3 Å². The summed E-state index contributed by atoms with van der Waals surface area (Å²) in [5.74, 6) is -0.0517. The summed E-state index contributed by atoms with van der Waals surface area (Å²) in [6, 6.07) is 9.84. The Bertz CT molecular complexity index is 928. The molecule has 0 unspecified atom stereocenters. The lowest BCUT2D eigenvalue weighted by Gasteiger charge is -2.27. The van der Waals surface area contributed by atoms with Crippen molar-refractivity contribution in [2.45, 2.75) is 13.3 Å². The molecule has 3 aromatic rings. The van der Waals surface area contributed by atoms with Gasteiger partial charge in [0.1, 0.15) is 5.69 Å². The molecule has 0 aliphatic carbocycles. The van der Waals surface area contributed by atoms with Crippen molar-refractivity contribution < 1.29 is 9.53 Å². The minimum absolute atomic E-state index is 0.0517. The van der Waals surface area contributed by atoms with Gasteiger partial charge >= 0.3 is 0 Å². The van der Waals surface area contributed by atoms with Gasteiger partial charge in [-0.05, 0) is 31.5 Å². The van der Waals surface area contributed by atoms with Crippen molar-refractivity contribution in [2.24, 2.45) is 7.05 Å². The van der Waals surface area contributed by atoms with Crippen LogP contribution in [0.4, 0.5) is 5.13 Å². The molecule has 0 spiro atoms. The number of aromatic nitrogens is 3. The number of nitrogens with zero attached hydrogens (tertiary/aromatic N) is 5. The smallest absolute Gasteiger partial charge is 0.278 e. The highest BCUT2D eigenvalue weighted by Gasteiger charge is 2.24. The monoisotopic (exact) mass is 399 g/mol. The summed E-state index contributed by atoms with van der Waals surface area (Å²) in [7, 11) is 1.81. The third-order valence-electron chi connectivity index (χ3n) is 4.94. The zero-order chi connectivity index (χ0) is 19.5. The van der Waals surface area contributed by atoms with Crippen LogP contribution in [0.25, 0.3) is 10.2 Å². The summed E-state index contributed by atoms with van der Waals surface area (Å²) < 4.78 is 8.16. The number of amides is 1. The highest BCUT2D eigenvalue weighted by Crippen LogP contribution is 2.29. The van der Waals surface area contributed by atoms with Crippen molar-refractivity contribution in [3.63, 3.8) is 0 Å². The number of carbonyl (C=O) groups excluding carboxylic acids is 1. The van der Waals surface area contributed by atoms with E-state index in [1.54, 1.807) is 16.0 Å². The number of rotatable bonds is 6. The fraction of sp³-hybridized carbons (Fsp3) is 0.450. The van der Waals surface area contributed by atoms with Crippen LogP contribution < -0.4 is 4.90 Å². The van der Waals surface area contributed by atoms with Crippen molar-refractivity contribution in [3.8, 4) is 0 Å². The second-order valence-corrected chi connectivity index (χ2v) is 8.03. The molecule has 0 saturated carbocycles. The van der Waals surface area contributed by atoms with Gasteiger partial charge in [-0.2, -0.15) is 5.10 Å². The lowest BCUT2D eigenvalue weighted by Crippen LogP contribution is -2.39. The predicted octanol–water partition coefficient (Wildman–Crippen LogP) is 2.71. The fourth-order valence-electron chi connectivity index (χ4n) is 3.49. The number of benzene rings is 1. The molecule has 1 aromatic carbocycles. The van der Waals surface area contributed by atoms with E-state index in [1.807, 2.05) is 49.2 Å². The maximum Gasteiger partial charge on any atom is 0.278 e. The third-order valence-corrected chi connectivity index (χ3v) is 6.00. The summed E-state index contributed by atoms with van der Waals surface area (Å²) >= 11 is 1.56. The number of anilines is 1. The molecule has 1 aliphatic rings. The summed E-state index contributed by atoms with van der Waals surface area (Å²) in [5, 5.41) is 5.08. The Morgan fingerprint density at radius 3 is 2.79 bits per heavy atom. The van der Waals surface area contributed by atoms with Crippen LogP contribution in [0.3, 0.4) is 0 Å². The van der Waals surface area contributed by atoms with Crippen molar-refractivity contribution in [1.29, 1.82) is 0 Å². The molecule has 8 heteroatoms. The number of hydrogen-bond donors (Lipinski definition) is 0. The van der Waals surface area contributed by atoms with Gasteiger partial charge in [0.2, 0.25) is 0 Å². The minimum Gasteiger partial charge on any atom is -0.379 e. The highest BCUT2D eigenvalue weighted by atomic mass is 32.1. The predicted molar refractivity (Wildman–Crippen MR) is 111 cm³/mol. The molecule has 3 heterocycles. The molecule has 0 radical (unpaired) electrons. The molecule has 7 nitrogen and oxygen atoms in total. The van der Waals surface area contributed by atoms with Gasteiger partial charge in [-0.25, -0.2) is 4.98 Å². The van der Waals surface area contributed by atoms with Gasteiger partial charge in [0, 0.05) is 33.2 Å². The molecule has 1 amide bonds. The van der Waals surface area contributed by atoms with Gasteiger partial charge in [0.15, 0.2) is 5.13 Å². The van der Waals surface area contributed by atoms with Gasteiger partial charge in [-0.3, -0.25) is 19.3 Å². The highest BCUT2D eigenvalue weighted by molar-refractivity contribution is 7.22. The molecule has 1 aliphatic heterocycles. The van der Waals surface area contributed by atoms with E-state index < -0.39 is 0 Å². The van der Waals surface area contributed by atoms with E-state index in [-0.39, 0.29) is 5.91 Å². The van der Waals surface area contributed by atoms with Crippen LogP contribution in [-0.2, 0) is 11.8 Å². The summed E-state index contributed by atoms with van der Waals surface area (Å²) in [5.41, 5.74) is 2.35. The number of fused-ring (bicyclic) bond motifs is 1. The molecule has 4 rings (SSSR count). The van der Waals surface area contributed by atoms with E-state index in [0.29, 0.717) is 12.2 Å². The Morgan fingerprint density at radius 2 is 2.07 bits per heavy atom. The van der Waals surface area contributed by atoms with Crippen LogP contribution >= 0.6 is 11.3 Å². The maximum absolute atomic E-state index is 13.3. The van der Waals surface area contributed by atoms with Crippen molar-refractivity contribution in [3.05, 3.63) is 41.7 Å². The molecule has 28 heavy (non-hydrogen) atoms. The summed E-state index contributed by atoms with van der Waals surface area (Å²) in [6.07, 6.45) is 0.887. The topological polar surface area (TPSA) is 63.5 Å². The second-order valence-electron chi connectivity index (χ2n) is 7.02. The van der Waals surface area contributed by atoms with Gasteiger partial charge in [-0.15, -0.1) is 0 Å². The fourth-order valence-corrected chi connectivity index (χ4v) is 4.48. The van der Waals surface area contributed by atoms with E-state index in [9.17, 15) is 4.79 Å². The van der Waals surface area contributed by atoms with E-state index in [2.05, 4.69) is 10.00 Å².